The van der Waals surface area contributed by atoms with E-state index in [1.54, 1.807) is 0 Å². The molecule has 0 aliphatic carbocycles. The molecule has 0 unspecified atom stereocenters. The summed E-state index contributed by atoms with van der Waals surface area (Å²) in [6, 6.07) is 5.80. The van der Waals surface area contributed by atoms with Gasteiger partial charge in [-0.3, -0.25) is 4.79 Å². The van der Waals surface area contributed by atoms with E-state index in [-0.39, 0.29) is 5.91 Å². The second-order valence-corrected chi connectivity index (χ2v) is 4.95. The van der Waals surface area contributed by atoms with Crippen LogP contribution in [0.3, 0.4) is 0 Å². The molecule has 0 aliphatic heterocycles. The predicted octanol–water partition coefficient (Wildman–Crippen LogP) is 3.00. The lowest BCUT2D eigenvalue weighted by molar-refractivity contribution is 0.0773. The lowest BCUT2D eigenvalue weighted by Crippen LogP contribution is -2.31. The number of carbonyl (C=O) groups is 1. The average Bonchev–Trinajstić information content (AvgIpc) is 2.29. The van der Waals surface area contributed by atoms with Gasteiger partial charge in [0.25, 0.3) is 5.91 Å². The number of carbonyl (C=O) groups excluding carboxylic acids is 1. The van der Waals surface area contributed by atoms with E-state index in [0.29, 0.717) is 0 Å². The Labute approximate surface area is 112 Å². The lowest BCUT2D eigenvalue weighted by atomic mass is 10.1. The topological polar surface area (TPSA) is 23.6 Å². The van der Waals surface area contributed by atoms with Crippen molar-refractivity contribution in [2.24, 2.45) is 0 Å². The quantitative estimate of drug-likeness (QED) is 0.853. The van der Waals surface area contributed by atoms with Gasteiger partial charge in [-0.2, -0.15) is 0 Å². The van der Waals surface area contributed by atoms with Crippen molar-refractivity contribution < 1.29 is 4.79 Å². The van der Waals surface area contributed by atoms with Gasteiger partial charge in [0.05, 0.1) is 5.56 Å². The van der Waals surface area contributed by atoms with E-state index in [0.717, 1.165) is 28.8 Å². The molecule has 0 aliphatic rings. The Morgan fingerprint density at radius 3 is 2.29 bits per heavy atom. The monoisotopic (exact) mass is 298 g/mol. The van der Waals surface area contributed by atoms with Gasteiger partial charge in [0, 0.05) is 37.3 Å². The summed E-state index contributed by atoms with van der Waals surface area (Å²) in [5.41, 5.74) is 1.69. The third-order valence-electron chi connectivity index (χ3n) is 2.72. The van der Waals surface area contributed by atoms with E-state index in [1.807, 2.05) is 55.9 Å². The molecule has 0 bridgehead atoms. The third-order valence-corrected chi connectivity index (χ3v) is 3.21. The highest BCUT2D eigenvalue weighted by atomic mass is 79.9. The molecule has 1 aromatic rings. The van der Waals surface area contributed by atoms with Crippen LogP contribution >= 0.6 is 15.9 Å². The normalized spacial score (nSPS) is 10.2. The predicted molar refractivity (Wildman–Crippen MR) is 75.7 cm³/mol. The Hall–Kier alpha value is -1.03. The number of rotatable bonds is 4. The van der Waals surface area contributed by atoms with Gasteiger partial charge in [-0.05, 0) is 32.0 Å². The molecule has 0 spiro atoms. The summed E-state index contributed by atoms with van der Waals surface area (Å²) in [6.45, 7) is 5.45. The van der Waals surface area contributed by atoms with Crippen LogP contribution in [0.2, 0.25) is 0 Å². The van der Waals surface area contributed by atoms with Crippen molar-refractivity contribution >= 4 is 27.5 Å². The summed E-state index contributed by atoms with van der Waals surface area (Å²) >= 11 is 3.42. The molecule has 0 aromatic heterocycles. The fourth-order valence-corrected chi connectivity index (χ4v) is 2.11. The molecule has 17 heavy (non-hydrogen) atoms. The molecule has 1 aromatic carbocycles. The van der Waals surface area contributed by atoms with E-state index >= 15 is 0 Å². The summed E-state index contributed by atoms with van der Waals surface area (Å²) in [5, 5.41) is 0. The maximum absolute atomic E-state index is 12.4. The highest BCUT2D eigenvalue weighted by molar-refractivity contribution is 9.10. The molecule has 0 saturated carbocycles. The second kappa shape index (κ2) is 6.05. The molecule has 0 fully saturated rings. The summed E-state index contributed by atoms with van der Waals surface area (Å²) in [7, 11) is 3.89. The Balaban J connectivity index is 3.19. The van der Waals surface area contributed by atoms with Crippen molar-refractivity contribution in [3.05, 3.63) is 28.2 Å². The summed E-state index contributed by atoms with van der Waals surface area (Å²) < 4.78 is 0.929. The van der Waals surface area contributed by atoms with Crippen LogP contribution in [0.5, 0.6) is 0 Å². The van der Waals surface area contributed by atoms with Crippen molar-refractivity contribution in [3.8, 4) is 0 Å². The van der Waals surface area contributed by atoms with Gasteiger partial charge in [-0.15, -0.1) is 0 Å². The van der Waals surface area contributed by atoms with Gasteiger partial charge < -0.3 is 9.80 Å². The van der Waals surface area contributed by atoms with Crippen LogP contribution in [0.15, 0.2) is 22.7 Å². The molecule has 4 heteroatoms. The van der Waals surface area contributed by atoms with E-state index in [2.05, 4.69) is 15.9 Å². The Morgan fingerprint density at radius 1 is 1.24 bits per heavy atom. The van der Waals surface area contributed by atoms with Crippen LogP contribution in [-0.2, 0) is 0 Å². The van der Waals surface area contributed by atoms with Crippen molar-refractivity contribution in [1.82, 2.24) is 4.90 Å². The van der Waals surface area contributed by atoms with E-state index < -0.39 is 0 Å². The van der Waals surface area contributed by atoms with Crippen LogP contribution in [0.1, 0.15) is 24.2 Å². The zero-order valence-electron chi connectivity index (χ0n) is 10.8. The van der Waals surface area contributed by atoms with Crippen molar-refractivity contribution in [3.63, 3.8) is 0 Å². The molecule has 1 amide bonds. The van der Waals surface area contributed by atoms with E-state index in [4.69, 9.17) is 0 Å². The van der Waals surface area contributed by atoms with Crippen LogP contribution in [0, 0.1) is 0 Å². The number of nitrogens with zero attached hydrogens (tertiary/aromatic N) is 2. The maximum Gasteiger partial charge on any atom is 0.255 e. The number of anilines is 1. The number of hydrogen-bond donors (Lipinski definition) is 0. The molecule has 1 rings (SSSR count). The zero-order chi connectivity index (χ0) is 13.0. The first kappa shape index (κ1) is 14.0. The minimum atomic E-state index is 0.0833. The van der Waals surface area contributed by atoms with Gasteiger partial charge in [-0.25, -0.2) is 0 Å². The van der Waals surface area contributed by atoms with Crippen LogP contribution in [0.25, 0.3) is 0 Å². The average molecular weight is 299 g/mol. The van der Waals surface area contributed by atoms with Gasteiger partial charge in [-0.1, -0.05) is 15.9 Å². The zero-order valence-corrected chi connectivity index (χ0v) is 12.4. The molecule has 0 radical (unpaired) electrons. The van der Waals surface area contributed by atoms with Crippen LogP contribution < -0.4 is 4.90 Å². The minimum Gasteiger partial charge on any atom is -0.377 e. The highest BCUT2D eigenvalue weighted by Gasteiger charge is 2.17. The van der Waals surface area contributed by atoms with E-state index in [1.165, 1.54) is 0 Å². The SMILES string of the molecule is CCN(CC)C(=O)c1cc(Br)ccc1N(C)C. The van der Waals surface area contributed by atoms with Crippen molar-refractivity contribution in [2.45, 2.75) is 13.8 Å². The molecular formula is C13H19BrN2O. The summed E-state index contributed by atoms with van der Waals surface area (Å²) in [6.07, 6.45) is 0. The summed E-state index contributed by atoms with van der Waals surface area (Å²) in [4.78, 5) is 16.2. The van der Waals surface area contributed by atoms with E-state index in [9.17, 15) is 4.79 Å². The highest BCUT2D eigenvalue weighted by Crippen LogP contribution is 2.24. The summed E-state index contributed by atoms with van der Waals surface area (Å²) in [5.74, 6) is 0.0833. The fourth-order valence-electron chi connectivity index (χ4n) is 1.75. The first-order valence-corrected chi connectivity index (χ1v) is 6.56. The van der Waals surface area contributed by atoms with Crippen molar-refractivity contribution in [1.29, 1.82) is 0 Å². The maximum atomic E-state index is 12.4. The van der Waals surface area contributed by atoms with Crippen LogP contribution in [-0.4, -0.2) is 38.0 Å². The first-order chi connectivity index (χ1) is 8.01. The Bertz CT molecular complexity index is 400. The number of benzene rings is 1. The van der Waals surface area contributed by atoms with Gasteiger partial charge >= 0.3 is 0 Å². The smallest absolute Gasteiger partial charge is 0.255 e. The minimum absolute atomic E-state index is 0.0833. The van der Waals surface area contributed by atoms with Crippen LogP contribution in [0.4, 0.5) is 5.69 Å². The van der Waals surface area contributed by atoms with Gasteiger partial charge in [0.2, 0.25) is 0 Å². The Morgan fingerprint density at radius 2 is 1.82 bits per heavy atom. The molecule has 0 saturated heterocycles. The lowest BCUT2D eigenvalue weighted by Gasteiger charge is -2.23. The molecule has 0 N–H and O–H groups in total. The molecular weight excluding hydrogens is 280 g/mol. The second-order valence-electron chi connectivity index (χ2n) is 4.03. The van der Waals surface area contributed by atoms with Gasteiger partial charge in [0.15, 0.2) is 0 Å². The molecule has 94 valence electrons. The Kier molecular flexibility index (Phi) is 5.00. The number of halogens is 1. The fraction of sp³-hybridized carbons (Fsp3) is 0.462. The molecule has 0 atom stereocenters. The number of amides is 1. The number of hydrogen-bond acceptors (Lipinski definition) is 2. The molecule has 3 nitrogen and oxygen atoms in total. The largest absolute Gasteiger partial charge is 0.377 e. The van der Waals surface area contributed by atoms with Crippen molar-refractivity contribution in [2.75, 3.05) is 32.1 Å². The first-order valence-electron chi connectivity index (χ1n) is 5.77. The standard InChI is InChI=1S/C13H19BrN2O/c1-5-16(6-2)13(17)11-9-10(14)7-8-12(11)15(3)4/h7-9H,5-6H2,1-4H3. The molecule has 0 heterocycles. The van der Waals surface area contributed by atoms with Gasteiger partial charge in [0.1, 0.15) is 0 Å². The third kappa shape index (κ3) is 3.22.